The summed E-state index contributed by atoms with van der Waals surface area (Å²) < 4.78 is 6.42. The third-order valence-corrected chi connectivity index (χ3v) is 4.99. The Bertz CT molecular complexity index is 1000. The van der Waals surface area contributed by atoms with E-state index in [1.54, 1.807) is 0 Å². The first kappa shape index (κ1) is 17.6. The number of nitrogens with zero attached hydrogens (tertiary/aromatic N) is 1. The van der Waals surface area contributed by atoms with Crippen LogP contribution in [0.15, 0.2) is 43.7 Å². The number of hydrogen-bond acceptors (Lipinski definition) is 5. The molecule has 128 valence electrons. The second kappa shape index (κ2) is 6.61. The second-order valence-electron chi connectivity index (χ2n) is 5.31. The van der Waals surface area contributed by atoms with Crippen molar-refractivity contribution in [2.24, 2.45) is 0 Å². The van der Waals surface area contributed by atoms with Crippen molar-refractivity contribution < 1.29 is 19.2 Å². The van der Waals surface area contributed by atoms with Crippen LogP contribution in [0, 0.1) is 10.1 Å². The largest absolute Gasteiger partial charge is 0.506 e. The van der Waals surface area contributed by atoms with Gasteiger partial charge in [0.05, 0.1) is 19.4 Å². The number of halogens is 2. The van der Waals surface area contributed by atoms with Crippen LogP contribution in [0.2, 0.25) is 0 Å². The molecule has 1 N–H and O–H groups in total. The van der Waals surface area contributed by atoms with E-state index < -0.39 is 4.92 Å². The molecule has 0 bridgehead atoms. The van der Waals surface area contributed by atoms with Crippen molar-refractivity contribution in [1.29, 1.82) is 0 Å². The number of phenolic OH excluding ortho intramolecular Hbond substituents is 1. The van der Waals surface area contributed by atoms with Gasteiger partial charge in [0, 0.05) is 29.5 Å². The van der Waals surface area contributed by atoms with Gasteiger partial charge in [0.15, 0.2) is 5.78 Å². The van der Waals surface area contributed by atoms with Crippen LogP contribution in [0.4, 0.5) is 5.69 Å². The normalized spacial score (nSPS) is 11.0. The summed E-state index contributed by atoms with van der Waals surface area (Å²) in [5.74, 6) is 0.110. The van der Waals surface area contributed by atoms with Gasteiger partial charge in [-0.15, -0.1) is 0 Å². The summed E-state index contributed by atoms with van der Waals surface area (Å²) in [4.78, 5) is 23.6. The number of fused-ring (bicyclic) bond motifs is 1. The molecule has 0 aliphatic rings. The van der Waals surface area contributed by atoms with Gasteiger partial charge >= 0.3 is 0 Å². The summed E-state index contributed by atoms with van der Waals surface area (Å²) in [7, 11) is 0. The molecule has 3 rings (SSSR count). The maximum absolute atomic E-state index is 13.0. The van der Waals surface area contributed by atoms with Crippen molar-refractivity contribution in [2.45, 2.75) is 13.3 Å². The molecule has 1 heterocycles. The van der Waals surface area contributed by atoms with Crippen molar-refractivity contribution in [3.8, 4) is 5.75 Å². The van der Waals surface area contributed by atoms with E-state index in [-0.39, 0.29) is 17.2 Å². The Kier molecular flexibility index (Phi) is 4.66. The summed E-state index contributed by atoms with van der Waals surface area (Å²) in [5.41, 5.74) is 0.923. The van der Waals surface area contributed by atoms with E-state index in [0.29, 0.717) is 43.2 Å². The van der Waals surface area contributed by atoms with E-state index in [2.05, 4.69) is 31.9 Å². The summed E-state index contributed by atoms with van der Waals surface area (Å²) in [6.45, 7) is 1.84. The molecule has 0 amide bonds. The number of hydrogen-bond donors (Lipinski definition) is 1. The lowest BCUT2D eigenvalue weighted by Crippen LogP contribution is -2.04. The number of aryl methyl sites for hydroxylation is 1. The smallest absolute Gasteiger partial charge is 0.270 e. The maximum Gasteiger partial charge on any atom is 0.270 e. The molecule has 6 nitrogen and oxygen atoms in total. The molecule has 0 atom stereocenters. The zero-order chi connectivity index (χ0) is 18.3. The van der Waals surface area contributed by atoms with Crippen LogP contribution in [-0.4, -0.2) is 15.8 Å². The summed E-state index contributed by atoms with van der Waals surface area (Å²) >= 11 is 6.40. The Morgan fingerprint density at radius 2 is 1.88 bits per heavy atom. The zero-order valence-electron chi connectivity index (χ0n) is 12.9. The van der Waals surface area contributed by atoms with Crippen LogP contribution < -0.4 is 0 Å². The number of rotatable bonds is 4. The Morgan fingerprint density at radius 3 is 2.44 bits per heavy atom. The minimum atomic E-state index is -0.514. The van der Waals surface area contributed by atoms with Gasteiger partial charge < -0.3 is 9.52 Å². The van der Waals surface area contributed by atoms with Crippen LogP contribution in [0.1, 0.15) is 28.6 Å². The fourth-order valence-corrected chi connectivity index (χ4v) is 3.78. The fraction of sp³-hybridized carbons (Fsp3) is 0.118. The van der Waals surface area contributed by atoms with Crippen molar-refractivity contribution in [1.82, 2.24) is 0 Å². The number of non-ortho nitro benzene ring substituents is 1. The van der Waals surface area contributed by atoms with E-state index in [4.69, 9.17) is 4.42 Å². The van der Waals surface area contributed by atoms with Gasteiger partial charge in [-0.3, -0.25) is 14.9 Å². The second-order valence-corrected chi connectivity index (χ2v) is 7.02. The number of nitro groups is 1. The number of aromatic hydroxyl groups is 1. The summed E-state index contributed by atoms with van der Waals surface area (Å²) in [6, 6.07) is 7.17. The van der Waals surface area contributed by atoms with Crippen molar-refractivity contribution in [3.63, 3.8) is 0 Å². The highest BCUT2D eigenvalue weighted by Crippen LogP contribution is 2.36. The number of benzene rings is 2. The Balaban J connectivity index is 2.24. The third-order valence-electron chi connectivity index (χ3n) is 3.78. The van der Waals surface area contributed by atoms with Gasteiger partial charge in [-0.05, 0) is 50.1 Å². The van der Waals surface area contributed by atoms with E-state index in [0.717, 1.165) is 0 Å². The number of nitro benzene ring substituents is 1. The lowest BCUT2D eigenvalue weighted by atomic mass is 9.99. The first-order valence-corrected chi connectivity index (χ1v) is 8.84. The molecule has 0 radical (unpaired) electrons. The van der Waals surface area contributed by atoms with Gasteiger partial charge in [0.2, 0.25) is 0 Å². The van der Waals surface area contributed by atoms with Crippen LogP contribution in [0.25, 0.3) is 11.0 Å². The number of ketones is 1. The van der Waals surface area contributed by atoms with Crippen molar-refractivity contribution >= 4 is 54.3 Å². The van der Waals surface area contributed by atoms with E-state index >= 15 is 0 Å². The molecule has 8 heteroatoms. The average Bonchev–Trinajstić information content (AvgIpc) is 2.96. The van der Waals surface area contributed by atoms with Gasteiger partial charge in [-0.2, -0.15) is 0 Å². The topological polar surface area (TPSA) is 93.6 Å². The predicted octanol–water partition coefficient (Wildman–Crippen LogP) is 5.37. The standard InChI is InChI=1S/C17H11Br2NO5/c1-2-13-15(10-7-9(20(23)24)3-4-14(10)25-13)16(21)8-5-11(18)17(22)12(19)6-8/h3-7,22H,2H2,1H3. The molecule has 3 aromatic rings. The van der Waals surface area contributed by atoms with Gasteiger partial charge in [-0.25, -0.2) is 0 Å². The molecular weight excluding hydrogens is 458 g/mol. The first-order valence-electron chi connectivity index (χ1n) is 7.26. The number of furan rings is 1. The fourth-order valence-electron chi connectivity index (χ4n) is 2.59. The quantitative estimate of drug-likeness (QED) is 0.315. The Labute approximate surface area is 158 Å². The molecule has 0 aliphatic heterocycles. The molecule has 1 aromatic heterocycles. The average molecular weight is 469 g/mol. The van der Waals surface area contributed by atoms with Crippen molar-refractivity contribution in [2.75, 3.05) is 0 Å². The van der Waals surface area contributed by atoms with Crippen molar-refractivity contribution in [3.05, 3.63) is 66.3 Å². The monoisotopic (exact) mass is 467 g/mol. The van der Waals surface area contributed by atoms with Crippen LogP contribution in [-0.2, 0) is 6.42 Å². The van der Waals surface area contributed by atoms with E-state index in [1.165, 1.54) is 30.3 Å². The molecule has 2 aromatic carbocycles. The number of carbonyl (C=O) groups is 1. The highest BCUT2D eigenvalue weighted by Gasteiger charge is 2.24. The molecule has 0 spiro atoms. The molecule has 0 aliphatic carbocycles. The predicted molar refractivity (Wildman–Crippen MR) is 99.2 cm³/mol. The molecule has 0 saturated heterocycles. The Morgan fingerprint density at radius 1 is 1.24 bits per heavy atom. The van der Waals surface area contributed by atoms with E-state index in [9.17, 15) is 20.0 Å². The lowest BCUT2D eigenvalue weighted by molar-refractivity contribution is -0.384. The Hall–Kier alpha value is -2.19. The minimum absolute atomic E-state index is 0.0139. The van der Waals surface area contributed by atoms with Gasteiger partial charge in [-0.1, -0.05) is 6.92 Å². The molecule has 0 saturated carbocycles. The zero-order valence-corrected chi connectivity index (χ0v) is 16.0. The van der Waals surface area contributed by atoms with Gasteiger partial charge in [0.1, 0.15) is 17.1 Å². The summed E-state index contributed by atoms with van der Waals surface area (Å²) in [6.07, 6.45) is 0.462. The van der Waals surface area contributed by atoms with Crippen LogP contribution >= 0.6 is 31.9 Å². The molecule has 0 fully saturated rings. The molecule has 0 unspecified atom stereocenters. The SMILES string of the molecule is CCc1oc2ccc([N+](=O)[O-])cc2c1C(=O)c1cc(Br)c(O)c(Br)c1. The number of phenols is 1. The maximum atomic E-state index is 13.0. The van der Waals surface area contributed by atoms with E-state index in [1.807, 2.05) is 6.92 Å². The highest BCUT2D eigenvalue weighted by atomic mass is 79.9. The highest BCUT2D eigenvalue weighted by molar-refractivity contribution is 9.11. The molecular formula is C17H11Br2NO5. The minimum Gasteiger partial charge on any atom is -0.506 e. The summed E-state index contributed by atoms with van der Waals surface area (Å²) in [5, 5.41) is 21.3. The lowest BCUT2D eigenvalue weighted by Gasteiger charge is -2.06. The third kappa shape index (κ3) is 3.07. The van der Waals surface area contributed by atoms with Crippen LogP contribution in [0.5, 0.6) is 5.75 Å². The van der Waals surface area contributed by atoms with Crippen LogP contribution in [0.3, 0.4) is 0 Å². The molecule has 25 heavy (non-hydrogen) atoms. The first-order chi connectivity index (χ1) is 11.8. The van der Waals surface area contributed by atoms with Gasteiger partial charge in [0.25, 0.3) is 5.69 Å². The number of carbonyl (C=O) groups excluding carboxylic acids is 1.